The van der Waals surface area contributed by atoms with Crippen LogP contribution in [-0.2, 0) is 10.5 Å². The third-order valence-electron chi connectivity index (χ3n) is 3.30. The molecule has 0 spiro atoms. The third kappa shape index (κ3) is 5.99. The molecular formula is C15H21ClN3OS+. The van der Waals surface area contributed by atoms with E-state index in [-0.39, 0.29) is 5.91 Å². The van der Waals surface area contributed by atoms with Gasteiger partial charge < -0.3 is 10.3 Å². The van der Waals surface area contributed by atoms with Crippen molar-refractivity contribution in [1.82, 2.24) is 10.9 Å². The minimum atomic E-state index is 0.00105. The van der Waals surface area contributed by atoms with E-state index in [0.717, 1.165) is 36.0 Å². The number of carbonyl (C=O) groups is 1. The fourth-order valence-corrected chi connectivity index (χ4v) is 2.91. The van der Waals surface area contributed by atoms with Gasteiger partial charge in [0.1, 0.15) is 0 Å². The van der Waals surface area contributed by atoms with Crippen LogP contribution in [0.25, 0.3) is 0 Å². The van der Waals surface area contributed by atoms with Crippen molar-refractivity contribution in [2.24, 2.45) is 0 Å². The number of hydrogen-bond acceptors (Lipinski definition) is 3. The Morgan fingerprint density at radius 3 is 2.81 bits per heavy atom. The number of halogens is 1. The van der Waals surface area contributed by atoms with Crippen LogP contribution in [0.2, 0.25) is 5.02 Å². The molecule has 1 atom stereocenters. The van der Waals surface area contributed by atoms with Crippen molar-refractivity contribution in [3.8, 4) is 0 Å². The van der Waals surface area contributed by atoms with Crippen LogP contribution in [0.3, 0.4) is 0 Å². The third-order valence-corrected chi connectivity index (χ3v) is 4.55. The van der Waals surface area contributed by atoms with Crippen LogP contribution in [0.1, 0.15) is 12.0 Å². The maximum atomic E-state index is 11.7. The van der Waals surface area contributed by atoms with Crippen molar-refractivity contribution >= 4 is 29.3 Å². The molecule has 0 aromatic heterocycles. The molecule has 3 N–H and O–H groups in total. The maximum Gasteiger partial charge on any atom is 0.248 e. The quantitative estimate of drug-likeness (QED) is 0.683. The molecule has 1 heterocycles. The summed E-state index contributed by atoms with van der Waals surface area (Å²) < 4.78 is 0. The van der Waals surface area contributed by atoms with Gasteiger partial charge in [0.05, 0.1) is 25.9 Å². The standard InChI is InChI=1S/C15H20ClN3OS/c1-19-8-6-14(7-9-19)17-18-15(20)11-21-10-12-2-4-13(16)5-3-12/h2-6,17H,7-11H2,1H3,(H,18,20)/p+1. The van der Waals surface area contributed by atoms with Crippen LogP contribution >= 0.6 is 23.4 Å². The maximum absolute atomic E-state index is 11.7. The van der Waals surface area contributed by atoms with Crippen molar-refractivity contribution in [3.63, 3.8) is 0 Å². The summed E-state index contributed by atoms with van der Waals surface area (Å²) in [7, 11) is 2.17. The summed E-state index contributed by atoms with van der Waals surface area (Å²) in [6.45, 7) is 2.10. The fraction of sp³-hybridized carbons (Fsp3) is 0.400. The van der Waals surface area contributed by atoms with Gasteiger partial charge >= 0.3 is 0 Å². The first-order chi connectivity index (χ1) is 10.1. The van der Waals surface area contributed by atoms with Gasteiger partial charge in [0.2, 0.25) is 5.91 Å². The van der Waals surface area contributed by atoms with Crippen LogP contribution < -0.4 is 15.8 Å². The molecular weight excluding hydrogens is 306 g/mol. The molecule has 4 nitrogen and oxygen atoms in total. The second-order valence-corrected chi connectivity index (χ2v) is 6.61. The van der Waals surface area contributed by atoms with Crippen molar-refractivity contribution in [3.05, 3.63) is 46.6 Å². The van der Waals surface area contributed by atoms with Gasteiger partial charge in [-0.25, -0.2) is 0 Å². The fourth-order valence-electron chi connectivity index (χ4n) is 1.99. The number of benzene rings is 1. The molecule has 0 saturated carbocycles. The summed E-state index contributed by atoms with van der Waals surface area (Å²) in [4.78, 5) is 13.2. The van der Waals surface area contributed by atoms with Crippen molar-refractivity contribution in [1.29, 1.82) is 0 Å². The second-order valence-electron chi connectivity index (χ2n) is 5.18. The van der Waals surface area contributed by atoms with E-state index in [9.17, 15) is 4.79 Å². The van der Waals surface area contributed by atoms with Crippen molar-refractivity contribution in [2.45, 2.75) is 12.2 Å². The Bertz CT molecular complexity index is 504. The Kier molecular flexibility index (Phi) is 6.42. The zero-order valence-corrected chi connectivity index (χ0v) is 13.7. The predicted molar refractivity (Wildman–Crippen MR) is 88.2 cm³/mol. The molecule has 0 saturated heterocycles. The molecule has 1 aromatic rings. The molecule has 0 fully saturated rings. The van der Waals surface area contributed by atoms with Crippen LogP contribution in [0.15, 0.2) is 36.0 Å². The van der Waals surface area contributed by atoms with Gasteiger partial charge in [-0.3, -0.25) is 10.2 Å². The number of thioether (sulfide) groups is 1. The monoisotopic (exact) mass is 326 g/mol. The van der Waals surface area contributed by atoms with E-state index in [1.54, 1.807) is 11.8 Å². The summed E-state index contributed by atoms with van der Waals surface area (Å²) >= 11 is 7.42. The highest BCUT2D eigenvalue weighted by atomic mass is 35.5. The predicted octanol–water partition coefficient (Wildman–Crippen LogP) is 0.996. The molecule has 1 amide bonds. The van der Waals surface area contributed by atoms with Gasteiger partial charge in [0, 0.05) is 22.9 Å². The molecule has 114 valence electrons. The van der Waals surface area contributed by atoms with E-state index in [0.29, 0.717) is 5.75 Å². The second kappa shape index (κ2) is 8.32. The van der Waals surface area contributed by atoms with Gasteiger partial charge in [-0.1, -0.05) is 23.7 Å². The van der Waals surface area contributed by atoms with Crippen LogP contribution in [0.5, 0.6) is 0 Å². The topological polar surface area (TPSA) is 45.6 Å². The van der Waals surface area contributed by atoms with Gasteiger partial charge in [0.25, 0.3) is 0 Å². The van der Waals surface area contributed by atoms with Crippen molar-refractivity contribution in [2.75, 3.05) is 25.9 Å². The molecule has 0 radical (unpaired) electrons. The lowest BCUT2D eigenvalue weighted by Crippen LogP contribution is -3.09. The number of hydrogen-bond donors (Lipinski definition) is 3. The lowest BCUT2D eigenvalue weighted by atomic mass is 10.2. The number of rotatable bonds is 6. The first-order valence-electron chi connectivity index (χ1n) is 7.01. The highest BCUT2D eigenvalue weighted by Crippen LogP contribution is 2.15. The molecule has 0 bridgehead atoms. The number of nitrogens with one attached hydrogen (secondary N) is 3. The summed E-state index contributed by atoms with van der Waals surface area (Å²) in [6, 6.07) is 7.70. The number of quaternary nitrogens is 1. The summed E-state index contributed by atoms with van der Waals surface area (Å²) in [5, 5.41) is 0.735. The number of amides is 1. The zero-order valence-electron chi connectivity index (χ0n) is 12.1. The Labute approximate surface area is 134 Å². The van der Waals surface area contributed by atoms with E-state index in [1.807, 2.05) is 24.3 Å². The van der Waals surface area contributed by atoms with Crippen LogP contribution in [-0.4, -0.2) is 31.8 Å². The SMILES string of the molecule is C[NH+]1CC=C(NNC(=O)CSCc2ccc(Cl)cc2)CC1. The Morgan fingerprint density at radius 2 is 2.14 bits per heavy atom. The zero-order chi connectivity index (χ0) is 15.1. The normalized spacial score (nSPS) is 18.0. The number of carbonyl (C=O) groups excluding carboxylic acids is 1. The molecule has 6 heteroatoms. The van der Waals surface area contributed by atoms with E-state index < -0.39 is 0 Å². The first kappa shape index (κ1) is 16.2. The molecule has 2 rings (SSSR count). The van der Waals surface area contributed by atoms with E-state index >= 15 is 0 Å². The number of likely N-dealkylation sites (N-methyl/N-ethyl adjacent to an activating group) is 1. The van der Waals surface area contributed by atoms with Gasteiger partial charge in [0.15, 0.2) is 0 Å². The first-order valence-corrected chi connectivity index (χ1v) is 8.54. The molecule has 21 heavy (non-hydrogen) atoms. The highest BCUT2D eigenvalue weighted by Gasteiger charge is 2.10. The van der Waals surface area contributed by atoms with E-state index in [4.69, 9.17) is 11.6 Å². The van der Waals surface area contributed by atoms with Crippen molar-refractivity contribution < 1.29 is 9.69 Å². The Hall–Kier alpha value is -1.17. The molecule has 1 aliphatic heterocycles. The lowest BCUT2D eigenvalue weighted by molar-refractivity contribution is -0.875. The van der Waals surface area contributed by atoms with Gasteiger partial charge in [-0.15, -0.1) is 11.8 Å². The van der Waals surface area contributed by atoms with Gasteiger partial charge in [-0.05, 0) is 23.8 Å². The Morgan fingerprint density at radius 1 is 1.38 bits per heavy atom. The minimum absolute atomic E-state index is 0.00105. The summed E-state index contributed by atoms with van der Waals surface area (Å²) in [5.41, 5.74) is 8.05. The smallest absolute Gasteiger partial charge is 0.248 e. The number of hydrazine groups is 1. The molecule has 0 aliphatic carbocycles. The van der Waals surface area contributed by atoms with E-state index in [2.05, 4.69) is 24.0 Å². The van der Waals surface area contributed by atoms with E-state index in [1.165, 1.54) is 10.5 Å². The molecule has 1 unspecified atom stereocenters. The van der Waals surface area contributed by atoms with Gasteiger partial charge in [-0.2, -0.15) is 0 Å². The molecule has 1 aliphatic rings. The molecule has 1 aromatic carbocycles. The largest absolute Gasteiger partial charge is 0.334 e. The summed E-state index contributed by atoms with van der Waals surface area (Å²) in [6.07, 6.45) is 3.12. The van der Waals surface area contributed by atoms with Crippen LogP contribution in [0, 0.1) is 0 Å². The van der Waals surface area contributed by atoms with Crippen LogP contribution in [0.4, 0.5) is 0 Å². The average molecular weight is 327 g/mol. The lowest BCUT2D eigenvalue weighted by Gasteiger charge is -2.20. The Balaban J connectivity index is 1.62. The highest BCUT2D eigenvalue weighted by molar-refractivity contribution is 7.99. The minimum Gasteiger partial charge on any atom is -0.334 e. The summed E-state index contributed by atoms with van der Waals surface area (Å²) in [5.74, 6) is 1.25. The average Bonchev–Trinajstić information content (AvgIpc) is 2.49.